The second-order valence-corrected chi connectivity index (χ2v) is 6.07. The van der Waals surface area contributed by atoms with E-state index in [1.54, 1.807) is 0 Å². The molecule has 0 saturated carbocycles. The Balaban J connectivity index is 1.49. The SMILES string of the molecule is c1ccc(N2CCN(CC3CSCN3)CC2)cc1. The summed E-state index contributed by atoms with van der Waals surface area (Å²) < 4.78 is 0. The Morgan fingerprint density at radius 2 is 1.89 bits per heavy atom. The number of anilines is 1. The van der Waals surface area contributed by atoms with Crippen molar-refractivity contribution in [1.82, 2.24) is 10.2 Å². The fraction of sp³-hybridized carbons (Fsp3) is 0.571. The van der Waals surface area contributed by atoms with Gasteiger partial charge in [0, 0.05) is 56.1 Å². The summed E-state index contributed by atoms with van der Waals surface area (Å²) in [6, 6.07) is 11.5. The van der Waals surface area contributed by atoms with Gasteiger partial charge in [0.15, 0.2) is 0 Å². The van der Waals surface area contributed by atoms with Gasteiger partial charge in [-0.1, -0.05) is 18.2 Å². The monoisotopic (exact) mass is 263 g/mol. The minimum Gasteiger partial charge on any atom is -0.369 e. The van der Waals surface area contributed by atoms with E-state index >= 15 is 0 Å². The first-order valence-corrected chi connectivity index (χ1v) is 7.91. The van der Waals surface area contributed by atoms with Gasteiger partial charge in [0.05, 0.1) is 0 Å². The first-order valence-electron chi connectivity index (χ1n) is 6.75. The Kier molecular flexibility index (Phi) is 4.08. The molecule has 3 nitrogen and oxygen atoms in total. The summed E-state index contributed by atoms with van der Waals surface area (Å²) in [6.45, 7) is 5.92. The molecule has 0 amide bonds. The molecule has 2 saturated heterocycles. The minimum atomic E-state index is 0.707. The predicted molar refractivity (Wildman–Crippen MR) is 79.3 cm³/mol. The van der Waals surface area contributed by atoms with Crippen molar-refractivity contribution in [2.24, 2.45) is 0 Å². The van der Waals surface area contributed by atoms with Crippen LogP contribution < -0.4 is 10.2 Å². The summed E-state index contributed by atoms with van der Waals surface area (Å²) >= 11 is 2.02. The number of para-hydroxylation sites is 1. The van der Waals surface area contributed by atoms with Gasteiger partial charge in [0.2, 0.25) is 0 Å². The van der Waals surface area contributed by atoms with Crippen LogP contribution in [0.25, 0.3) is 0 Å². The zero-order chi connectivity index (χ0) is 12.2. The van der Waals surface area contributed by atoms with Gasteiger partial charge < -0.3 is 10.2 Å². The van der Waals surface area contributed by atoms with Gasteiger partial charge >= 0.3 is 0 Å². The maximum absolute atomic E-state index is 3.55. The van der Waals surface area contributed by atoms with E-state index in [1.165, 1.54) is 31.1 Å². The van der Waals surface area contributed by atoms with Crippen LogP contribution >= 0.6 is 11.8 Å². The third kappa shape index (κ3) is 2.99. The highest BCUT2D eigenvalue weighted by Gasteiger charge is 2.22. The summed E-state index contributed by atoms with van der Waals surface area (Å²) in [7, 11) is 0. The topological polar surface area (TPSA) is 18.5 Å². The zero-order valence-corrected chi connectivity index (χ0v) is 11.5. The van der Waals surface area contributed by atoms with Crippen LogP contribution in [0.4, 0.5) is 5.69 Å². The number of thioether (sulfide) groups is 1. The van der Waals surface area contributed by atoms with Gasteiger partial charge in [-0.2, -0.15) is 0 Å². The van der Waals surface area contributed by atoms with E-state index < -0.39 is 0 Å². The lowest BCUT2D eigenvalue weighted by Gasteiger charge is -2.37. The summed E-state index contributed by atoms with van der Waals surface area (Å²) in [5.41, 5.74) is 1.37. The highest BCUT2D eigenvalue weighted by Crippen LogP contribution is 2.16. The van der Waals surface area contributed by atoms with Crippen molar-refractivity contribution in [2.45, 2.75) is 6.04 Å². The van der Waals surface area contributed by atoms with Crippen molar-refractivity contribution >= 4 is 17.4 Å². The van der Waals surface area contributed by atoms with E-state index in [2.05, 4.69) is 45.4 Å². The molecule has 2 aliphatic rings. The molecule has 1 N–H and O–H groups in total. The predicted octanol–water partition coefficient (Wildman–Crippen LogP) is 1.47. The normalized spacial score (nSPS) is 25.6. The van der Waals surface area contributed by atoms with Crippen molar-refractivity contribution in [2.75, 3.05) is 49.3 Å². The molecule has 0 spiro atoms. The highest BCUT2D eigenvalue weighted by molar-refractivity contribution is 7.99. The molecule has 1 atom stereocenters. The highest BCUT2D eigenvalue weighted by atomic mass is 32.2. The number of hydrogen-bond acceptors (Lipinski definition) is 4. The average Bonchev–Trinajstić information content (AvgIpc) is 2.94. The Hall–Kier alpha value is -0.710. The van der Waals surface area contributed by atoms with Gasteiger partial charge in [0.25, 0.3) is 0 Å². The molecular formula is C14H21N3S. The number of hydrogen-bond donors (Lipinski definition) is 1. The molecule has 3 rings (SSSR count). The molecule has 1 aromatic carbocycles. The second kappa shape index (κ2) is 5.95. The molecule has 18 heavy (non-hydrogen) atoms. The van der Waals surface area contributed by atoms with Crippen molar-refractivity contribution < 1.29 is 0 Å². The van der Waals surface area contributed by atoms with Gasteiger partial charge in [-0.05, 0) is 12.1 Å². The average molecular weight is 263 g/mol. The van der Waals surface area contributed by atoms with E-state index in [1.807, 2.05) is 11.8 Å². The smallest absolute Gasteiger partial charge is 0.0421 e. The van der Waals surface area contributed by atoms with Crippen LogP contribution in [0.15, 0.2) is 30.3 Å². The minimum absolute atomic E-state index is 0.707. The molecule has 0 bridgehead atoms. The third-order valence-corrected chi connectivity index (χ3v) is 4.77. The van der Waals surface area contributed by atoms with E-state index in [0.29, 0.717) is 6.04 Å². The Morgan fingerprint density at radius 3 is 2.56 bits per heavy atom. The van der Waals surface area contributed by atoms with Gasteiger partial charge in [0.1, 0.15) is 0 Å². The van der Waals surface area contributed by atoms with Gasteiger partial charge in [-0.3, -0.25) is 4.90 Å². The summed E-state index contributed by atoms with van der Waals surface area (Å²) in [5, 5.41) is 3.55. The molecule has 1 unspecified atom stereocenters. The molecule has 2 aliphatic heterocycles. The fourth-order valence-electron chi connectivity index (χ4n) is 2.69. The lowest BCUT2D eigenvalue weighted by molar-refractivity contribution is 0.240. The standard InChI is InChI=1S/C14H21N3S/c1-2-4-14(5-3-1)17-8-6-16(7-9-17)10-13-11-18-12-15-13/h1-5,13,15H,6-12H2. The fourth-order valence-corrected chi connectivity index (χ4v) is 3.67. The molecule has 0 aliphatic carbocycles. The molecule has 2 heterocycles. The van der Waals surface area contributed by atoms with Crippen LogP contribution in [0, 0.1) is 0 Å². The second-order valence-electron chi connectivity index (χ2n) is 5.04. The van der Waals surface area contributed by atoms with Gasteiger partial charge in [-0.25, -0.2) is 0 Å². The van der Waals surface area contributed by atoms with Crippen LogP contribution in [0.3, 0.4) is 0 Å². The maximum Gasteiger partial charge on any atom is 0.0421 e. The van der Waals surface area contributed by atoms with Crippen molar-refractivity contribution in [3.8, 4) is 0 Å². The van der Waals surface area contributed by atoms with Crippen LogP contribution in [0.5, 0.6) is 0 Å². The van der Waals surface area contributed by atoms with E-state index in [9.17, 15) is 0 Å². The summed E-state index contributed by atoms with van der Waals surface area (Å²) in [4.78, 5) is 5.09. The van der Waals surface area contributed by atoms with E-state index in [-0.39, 0.29) is 0 Å². The first-order chi connectivity index (χ1) is 8.92. The van der Waals surface area contributed by atoms with Crippen LogP contribution in [0.1, 0.15) is 0 Å². The van der Waals surface area contributed by atoms with Crippen molar-refractivity contribution in [1.29, 1.82) is 0 Å². The number of rotatable bonds is 3. The Morgan fingerprint density at radius 1 is 1.11 bits per heavy atom. The molecule has 0 radical (unpaired) electrons. The summed E-state index contributed by atoms with van der Waals surface area (Å²) in [6.07, 6.45) is 0. The molecule has 2 fully saturated rings. The number of piperazine rings is 1. The quantitative estimate of drug-likeness (QED) is 0.890. The van der Waals surface area contributed by atoms with Crippen LogP contribution in [-0.4, -0.2) is 55.3 Å². The molecule has 0 aromatic heterocycles. The van der Waals surface area contributed by atoms with E-state index in [4.69, 9.17) is 0 Å². The molecule has 98 valence electrons. The van der Waals surface area contributed by atoms with Crippen molar-refractivity contribution in [3.63, 3.8) is 0 Å². The lowest BCUT2D eigenvalue weighted by atomic mass is 10.2. The zero-order valence-electron chi connectivity index (χ0n) is 10.7. The maximum atomic E-state index is 3.55. The third-order valence-electron chi connectivity index (χ3n) is 3.77. The largest absolute Gasteiger partial charge is 0.369 e. The number of nitrogens with one attached hydrogen (secondary N) is 1. The van der Waals surface area contributed by atoms with E-state index in [0.717, 1.165) is 19.0 Å². The summed E-state index contributed by atoms with van der Waals surface area (Å²) in [5.74, 6) is 2.41. The first kappa shape index (κ1) is 12.3. The number of nitrogens with zero attached hydrogens (tertiary/aromatic N) is 2. The van der Waals surface area contributed by atoms with Crippen LogP contribution in [-0.2, 0) is 0 Å². The number of benzene rings is 1. The molecule has 4 heteroatoms. The Bertz CT molecular complexity index is 357. The lowest BCUT2D eigenvalue weighted by Crippen LogP contribution is -2.50. The van der Waals surface area contributed by atoms with Gasteiger partial charge in [-0.15, -0.1) is 11.8 Å². The van der Waals surface area contributed by atoms with Crippen molar-refractivity contribution in [3.05, 3.63) is 30.3 Å². The Labute approximate surface area is 114 Å². The molecular weight excluding hydrogens is 242 g/mol. The van der Waals surface area contributed by atoms with Crippen LogP contribution in [0.2, 0.25) is 0 Å². The molecule has 1 aromatic rings.